The number of esters is 1. The standard InChI is InChI=1S/C17H25NO2/c1-4-20-16(19)17(15-9-6-5-7-10-15)11-8-12-18(3)13-14(17)2/h5-7,9-10,14H,4,8,11-13H2,1-3H3/t14-,17+/m0/s1. The Morgan fingerprint density at radius 2 is 2.10 bits per heavy atom. The number of hydrogen-bond acceptors (Lipinski definition) is 3. The van der Waals surface area contributed by atoms with Gasteiger partial charge in [0.15, 0.2) is 0 Å². The molecule has 0 bridgehead atoms. The topological polar surface area (TPSA) is 29.5 Å². The molecule has 0 amide bonds. The SMILES string of the molecule is CCOC(=O)[C@]1(c2ccccc2)CCCN(C)C[C@@H]1C. The Kier molecular flexibility index (Phi) is 4.81. The predicted molar refractivity (Wildman–Crippen MR) is 80.6 cm³/mol. The number of carbonyl (C=O) groups excluding carboxylic acids is 1. The van der Waals surface area contributed by atoms with Crippen molar-refractivity contribution in [3.8, 4) is 0 Å². The van der Waals surface area contributed by atoms with Crippen molar-refractivity contribution in [1.29, 1.82) is 0 Å². The molecule has 2 atom stereocenters. The monoisotopic (exact) mass is 275 g/mol. The summed E-state index contributed by atoms with van der Waals surface area (Å²) in [7, 11) is 2.13. The fourth-order valence-corrected chi connectivity index (χ4v) is 3.43. The summed E-state index contributed by atoms with van der Waals surface area (Å²) in [6.07, 6.45) is 1.88. The molecular formula is C17H25NO2. The molecule has 1 fully saturated rings. The second-order valence-corrected chi connectivity index (χ2v) is 5.82. The number of nitrogens with zero attached hydrogens (tertiary/aromatic N) is 1. The molecule has 1 aromatic carbocycles. The summed E-state index contributed by atoms with van der Waals surface area (Å²) in [4.78, 5) is 15.1. The van der Waals surface area contributed by atoms with Crippen LogP contribution >= 0.6 is 0 Å². The largest absolute Gasteiger partial charge is 0.465 e. The first kappa shape index (κ1) is 15.0. The lowest BCUT2D eigenvalue weighted by Crippen LogP contribution is -2.45. The zero-order chi connectivity index (χ0) is 14.6. The number of rotatable bonds is 3. The van der Waals surface area contributed by atoms with Crippen molar-refractivity contribution in [3.63, 3.8) is 0 Å². The van der Waals surface area contributed by atoms with Gasteiger partial charge in [0, 0.05) is 6.54 Å². The van der Waals surface area contributed by atoms with Gasteiger partial charge in [0.05, 0.1) is 12.0 Å². The van der Waals surface area contributed by atoms with Crippen LogP contribution in [-0.2, 0) is 14.9 Å². The Morgan fingerprint density at radius 1 is 1.40 bits per heavy atom. The minimum Gasteiger partial charge on any atom is -0.465 e. The van der Waals surface area contributed by atoms with E-state index in [2.05, 4.69) is 31.0 Å². The highest BCUT2D eigenvalue weighted by Crippen LogP contribution is 2.40. The van der Waals surface area contributed by atoms with E-state index in [0.717, 1.165) is 31.5 Å². The van der Waals surface area contributed by atoms with Gasteiger partial charge >= 0.3 is 5.97 Å². The van der Waals surface area contributed by atoms with E-state index in [1.165, 1.54) is 0 Å². The Hall–Kier alpha value is -1.35. The highest BCUT2D eigenvalue weighted by atomic mass is 16.5. The average molecular weight is 275 g/mol. The van der Waals surface area contributed by atoms with Crippen LogP contribution in [0.4, 0.5) is 0 Å². The molecule has 1 aliphatic rings. The van der Waals surface area contributed by atoms with Crippen molar-refractivity contribution in [1.82, 2.24) is 4.90 Å². The van der Waals surface area contributed by atoms with Gasteiger partial charge in [-0.15, -0.1) is 0 Å². The lowest BCUT2D eigenvalue weighted by Gasteiger charge is -2.36. The molecule has 0 unspecified atom stereocenters. The Morgan fingerprint density at radius 3 is 2.75 bits per heavy atom. The zero-order valence-corrected chi connectivity index (χ0v) is 12.8. The molecule has 0 N–H and O–H groups in total. The van der Waals surface area contributed by atoms with Crippen molar-refractivity contribution >= 4 is 5.97 Å². The molecule has 0 aliphatic carbocycles. The van der Waals surface area contributed by atoms with Gasteiger partial charge in [-0.1, -0.05) is 37.3 Å². The van der Waals surface area contributed by atoms with E-state index in [-0.39, 0.29) is 11.9 Å². The number of ether oxygens (including phenoxy) is 1. The van der Waals surface area contributed by atoms with Gasteiger partial charge in [-0.25, -0.2) is 0 Å². The fourth-order valence-electron chi connectivity index (χ4n) is 3.43. The minimum atomic E-state index is -0.498. The molecule has 110 valence electrons. The van der Waals surface area contributed by atoms with E-state index in [1.807, 2.05) is 25.1 Å². The van der Waals surface area contributed by atoms with Crippen LogP contribution in [0.3, 0.4) is 0 Å². The fraction of sp³-hybridized carbons (Fsp3) is 0.588. The van der Waals surface area contributed by atoms with Gasteiger partial charge in [0.25, 0.3) is 0 Å². The van der Waals surface area contributed by atoms with Crippen LogP contribution in [-0.4, -0.2) is 37.6 Å². The van der Waals surface area contributed by atoms with Gasteiger partial charge in [0.2, 0.25) is 0 Å². The van der Waals surface area contributed by atoms with Gasteiger partial charge in [-0.3, -0.25) is 4.79 Å². The smallest absolute Gasteiger partial charge is 0.316 e. The van der Waals surface area contributed by atoms with Crippen LogP contribution in [0, 0.1) is 5.92 Å². The summed E-state index contributed by atoms with van der Waals surface area (Å²) in [5, 5.41) is 0. The third-order valence-electron chi connectivity index (χ3n) is 4.47. The van der Waals surface area contributed by atoms with E-state index < -0.39 is 5.41 Å². The summed E-state index contributed by atoms with van der Waals surface area (Å²) in [6.45, 7) is 6.46. The van der Waals surface area contributed by atoms with Crippen molar-refractivity contribution in [2.45, 2.75) is 32.1 Å². The first-order chi connectivity index (χ1) is 9.61. The molecule has 20 heavy (non-hydrogen) atoms. The highest BCUT2D eigenvalue weighted by Gasteiger charge is 2.47. The second-order valence-electron chi connectivity index (χ2n) is 5.82. The number of benzene rings is 1. The molecule has 1 saturated heterocycles. The normalized spacial score (nSPS) is 27.9. The Balaban J connectivity index is 2.45. The van der Waals surface area contributed by atoms with Gasteiger partial charge in [-0.2, -0.15) is 0 Å². The lowest BCUT2D eigenvalue weighted by molar-refractivity contribution is -0.152. The highest BCUT2D eigenvalue weighted by molar-refractivity contribution is 5.83. The zero-order valence-electron chi connectivity index (χ0n) is 12.8. The summed E-state index contributed by atoms with van der Waals surface area (Å²) >= 11 is 0. The number of likely N-dealkylation sites (tertiary alicyclic amines) is 1. The summed E-state index contributed by atoms with van der Waals surface area (Å²) < 4.78 is 5.44. The van der Waals surface area contributed by atoms with Gasteiger partial charge in [-0.05, 0) is 44.8 Å². The van der Waals surface area contributed by atoms with E-state index in [4.69, 9.17) is 4.74 Å². The van der Waals surface area contributed by atoms with Gasteiger partial charge in [0.1, 0.15) is 0 Å². The van der Waals surface area contributed by atoms with E-state index in [0.29, 0.717) is 6.61 Å². The average Bonchev–Trinajstić information content (AvgIpc) is 2.59. The number of hydrogen-bond donors (Lipinski definition) is 0. The van der Waals surface area contributed by atoms with E-state index in [1.54, 1.807) is 0 Å². The Labute approximate surface area is 121 Å². The van der Waals surface area contributed by atoms with E-state index >= 15 is 0 Å². The van der Waals surface area contributed by atoms with Crippen molar-refractivity contribution in [3.05, 3.63) is 35.9 Å². The molecule has 1 heterocycles. The quantitative estimate of drug-likeness (QED) is 0.794. The maximum Gasteiger partial charge on any atom is 0.316 e. The third kappa shape index (κ3) is 2.73. The van der Waals surface area contributed by atoms with Crippen LogP contribution in [0.25, 0.3) is 0 Å². The first-order valence-electron chi connectivity index (χ1n) is 7.52. The summed E-state index contributed by atoms with van der Waals surface area (Å²) in [6, 6.07) is 10.2. The predicted octanol–water partition coefficient (Wildman–Crippen LogP) is 2.85. The molecule has 0 saturated carbocycles. The van der Waals surface area contributed by atoms with Crippen LogP contribution in [0.2, 0.25) is 0 Å². The van der Waals surface area contributed by atoms with Crippen LogP contribution < -0.4 is 0 Å². The molecule has 3 heteroatoms. The van der Waals surface area contributed by atoms with Crippen LogP contribution in [0.5, 0.6) is 0 Å². The van der Waals surface area contributed by atoms with E-state index in [9.17, 15) is 4.79 Å². The molecule has 2 rings (SSSR count). The molecule has 0 spiro atoms. The first-order valence-corrected chi connectivity index (χ1v) is 7.52. The van der Waals surface area contributed by atoms with Crippen molar-refractivity contribution < 1.29 is 9.53 Å². The van der Waals surface area contributed by atoms with Crippen LogP contribution in [0.1, 0.15) is 32.3 Å². The minimum absolute atomic E-state index is 0.0611. The second kappa shape index (κ2) is 6.40. The van der Waals surface area contributed by atoms with Crippen molar-refractivity contribution in [2.75, 3.05) is 26.7 Å². The Bertz CT molecular complexity index is 446. The van der Waals surface area contributed by atoms with Crippen molar-refractivity contribution in [2.24, 2.45) is 5.92 Å². The molecule has 1 aromatic rings. The maximum absolute atomic E-state index is 12.7. The molecule has 3 nitrogen and oxygen atoms in total. The lowest BCUT2D eigenvalue weighted by atomic mass is 9.68. The van der Waals surface area contributed by atoms with Gasteiger partial charge < -0.3 is 9.64 Å². The number of carbonyl (C=O) groups is 1. The molecule has 1 aliphatic heterocycles. The summed E-state index contributed by atoms with van der Waals surface area (Å²) in [5.41, 5.74) is 0.600. The molecular weight excluding hydrogens is 250 g/mol. The summed E-state index contributed by atoms with van der Waals surface area (Å²) in [5.74, 6) is 0.186. The third-order valence-corrected chi connectivity index (χ3v) is 4.47. The molecule has 0 aromatic heterocycles. The maximum atomic E-state index is 12.7. The van der Waals surface area contributed by atoms with Crippen LogP contribution in [0.15, 0.2) is 30.3 Å². The molecule has 0 radical (unpaired) electrons.